The first-order chi connectivity index (χ1) is 17.5. The number of amides is 2. The Labute approximate surface area is 211 Å². The summed E-state index contributed by atoms with van der Waals surface area (Å²) < 4.78 is 10.9. The van der Waals surface area contributed by atoms with Crippen LogP contribution in [0.4, 0.5) is 5.95 Å². The number of rotatable bonds is 5. The Morgan fingerprint density at radius 1 is 1.06 bits per heavy atom. The van der Waals surface area contributed by atoms with Gasteiger partial charge in [0.2, 0.25) is 11.9 Å². The molecule has 190 valence electrons. The summed E-state index contributed by atoms with van der Waals surface area (Å²) in [7, 11) is 0. The summed E-state index contributed by atoms with van der Waals surface area (Å²) in [5.41, 5.74) is 1.78. The fourth-order valence-electron chi connectivity index (χ4n) is 5.16. The molecule has 4 heterocycles. The molecule has 2 amide bonds. The highest BCUT2D eigenvalue weighted by molar-refractivity contribution is 5.91. The smallest absolute Gasteiger partial charge is 0.289 e. The first-order valence-corrected chi connectivity index (χ1v) is 12.8. The zero-order valence-electron chi connectivity index (χ0n) is 21.0. The molecular weight excluding hydrogens is 458 g/mol. The number of anilines is 1. The number of piperidine rings is 1. The van der Waals surface area contributed by atoms with Gasteiger partial charge in [-0.15, -0.1) is 0 Å². The average Bonchev–Trinajstić information content (AvgIpc) is 3.33. The Hall–Kier alpha value is -3.62. The molecule has 0 spiro atoms. The molecular formula is C27H33N5O4. The van der Waals surface area contributed by atoms with Crippen molar-refractivity contribution in [3.63, 3.8) is 0 Å². The topological polar surface area (TPSA) is 92.0 Å². The molecule has 1 atom stereocenters. The van der Waals surface area contributed by atoms with E-state index in [-0.39, 0.29) is 17.7 Å². The molecule has 0 radical (unpaired) electrons. The van der Waals surface area contributed by atoms with Crippen molar-refractivity contribution < 1.29 is 18.7 Å². The number of fused-ring (bicyclic) bond motifs is 1. The van der Waals surface area contributed by atoms with E-state index in [4.69, 9.17) is 19.1 Å². The summed E-state index contributed by atoms with van der Waals surface area (Å²) in [6, 6.07) is 9.29. The number of aromatic nitrogens is 2. The molecule has 36 heavy (non-hydrogen) atoms. The van der Waals surface area contributed by atoms with E-state index in [2.05, 4.69) is 4.90 Å². The second-order valence-corrected chi connectivity index (χ2v) is 9.45. The number of hydrogen-bond acceptors (Lipinski definition) is 7. The van der Waals surface area contributed by atoms with Gasteiger partial charge in [0.05, 0.1) is 30.0 Å². The van der Waals surface area contributed by atoms with Gasteiger partial charge in [-0.25, -0.2) is 9.97 Å². The minimum Gasteiger partial charge on any atom is -0.494 e. The van der Waals surface area contributed by atoms with E-state index < -0.39 is 0 Å². The maximum absolute atomic E-state index is 13.5. The number of hydrogen-bond donors (Lipinski definition) is 0. The molecule has 2 fully saturated rings. The van der Waals surface area contributed by atoms with Crippen LogP contribution in [0.2, 0.25) is 0 Å². The number of furan rings is 1. The molecule has 0 bridgehead atoms. The zero-order chi connectivity index (χ0) is 25.1. The first kappa shape index (κ1) is 24.1. The van der Waals surface area contributed by atoms with E-state index in [1.807, 2.05) is 36.9 Å². The van der Waals surface area contributed by atoms with E-state index >= 15 is 0 Å². The predicted octanol–water partition coefficient (Wildman–Crippen LogP) is 3.52. The summed E-state index contributed by atoms with van der Waals surface area (Å²) in [5, 5.41) is 0.979. The van der Waals surface area contributed by atoms with Crippen molar-refractivity contribution in [1.82, 2.24) is 19.8 Å². The van der Waals surface area contributed by atoms with Gasteiger partial charge in [-0.05, 0) is 63.4 Å². The molecule has 2 aliphatic rings. The van der Waals surface area contributed by atoms with Gasteiger partial charge < -0.3 is 23.9 Å². The third-order valence-electron chi connectivity index (χ3n) is 7.04. The molecule has 0 saturated carbocycles. The number of nitrogens with zero attached hydrogens (tertiary/aromatic N) is 5. The molecule has 0 unspecified atom stereocenters. The van der Waals surface area contributed by atoms with Crippen LogP contribution < -0.4 is 9.64 Å². The first-order valence-electron chi connectivity index (χ1n) is 12.8. The highest BCUT2D eigenvalue weighted by atomic mass is 16.5. The fraction of sp³-hybridized carbons (Fsp3) is 0.481. The van der Waals surface area contributed by atoms with Crippen molar-refractivity contribution in [3.05, 3.63) is 48.0 Å². The molecule has 5 rings (SSSR count). The number of carbonyl (C=O) groups excluding carboxylic acids is 2. The lowest BCUT2D eigenvalue weighted by atomic mass is 9.96. The Bertz CT molecular complexity index is 1230. The van der Waals surface area contributed by atoms with Gasteiger partial charge in [0.1, 0.15) is 5.75 Å². The van der Waals surface area contributed by atoms with Gasteiger partial charge in [0.25, 0.3) is 5.91 Å². The summed E-state index contributed by atoms with van der Waals surface area (Å²) in [6.07, 6.45) is 4.03. The molecule has 2 aromatic heterocycles. The van der Waals surface area contributed by atoms with Gasteiger partial charge in [0.15, 0.2) is 5.76 Å². The van der Waals surface area contributed by atoms with Crippen LogP contribution in [0.5, 0.6) is 5.75 Å². The quantitative estimate of drug-likeness (QED) is 0.539. The maximum atomic E-state index is 13.5. The SMILES string of the molecule is CCOc1ccc2nc(N3CCC[C@H](C(=O)N4CCCN(C(=O)c5ccco5)CC4)C3)nc(C)c2c1. The van der Waals surface area contributed by atoms with E-state index in [9.17, 15) is 9.59 Å². The lowest BCUT2D eigenvalue weighted by molar-refractivity contribution is -0.135. The molecule has 2 aliphatic heterocycles. The Morgan fingerprint density at radius 2 is 1.89 bits per heavy atom. The summed E-state index contributed by atoms with van der Waals surface area (Å²) >= 11 is 0. The Balaban J connectivity index is 1.25. The predicted molar refractivity (Wildman–Crippen MR) is 136 cm³/mol. The standard InChI is InChI=1S/C27H33N5O4/c1-3-35-21-9-10-23-22(17-21)19(2)28-27(29-23)32-11-4-7-20(18-32)25(33)30-12-6-13-31(15-14-30)26(34)24-8-5-16-36-24/h5,8-10,16-17,20H,3-4,6-7,11-15,18H2,1-2H3/t20-/m0/s1. The van der Waals surface area contributed by atoms with Crippen LogP contribution in [0.15, 0.2) is 41.0 Å². The monoisotopic (exact) mass is 491 g/mol. The minimum absolute atomic E-state index is 0.106. The summed E-state index contributed by atoms with van der Waals surface area (Å²) in [6.45, 7) is 8.33. The molecule has 0 aliphatic carbocycles. The van der Waals surface area contributed by atoms with Gasteiger partial charge in [-0.1, -0.05) is 0 Å². The molecule has 9 nitrogen and oxygen atoms in total. The molecule has 3 aromatic rings. The second-order valence-electron chi connectivity index (χ2n) is 9.45. The minimum atomic E-state index is -0.115. The van der Waals surface area contributed by atoms with Crippen LogP contribution in [0, 0.1) is 12.8 Å². The third-order valence-corrected chi connectivity index (χ3v) is 7.04. The van der Waals surface area contributed by atoms with Gasteiger partial charge in [0, 0.05) is 44.7 Å². The number of aryl methyl sites for hydroxylation is 1. The van der Waals surface area contributed by atoms with Crippen LogP contribution in [0.25, 0.3) is 10.9 Å². The van der Waals surface area contributed by atoms with E-state index in [0.29, 0.717) is 51.0 Å². The van der Waals surface area contributed by atoms with Crippen LogP contribution in [0.3, 0.4) is 0 Å². The highest BCUT2D eigenvalue weighted by Gasteiger charge is 2.32. The van der Waals surface area contributed by atoms with E-state index in [1.165, 1.54) is 6.26 Å². The van der Waals surface area contributed by atoms with Crippen LogP contribution >= 0.6 is 0 Å². The Kier molecular flexibility index (Phi) is 7.06. The lowest BCUT2D eigenvalue weighted by Gasteiger charge is -2.35. The largest absolute Gasteiger partial charge is 0.494 e. The average molecular weight is 492 g/mol. The van der Waals surface area contributed by atoms with Crippen molar-refractivity contribution in [2.45, 2.75) is 33.1 Å². The zero-order valence-corrected chi connectivity index (χ0v) is 21.0. The van der Waals surface area contributed by atoms with E-state index in [0.717, 1.165) is 48.2 Å². The van der Waals surface area contributed by atoms with Gasteiger partial charge in [-0.2, -0.15) is 0 Å². The van der Waals surface area contributed by atoms with Crippen molar-refractivity contribution in [2.75, 3.05) is 50.8 Å². The number of benzene rings is 1. The number of carbonyl (C=O) groups is 2. The van der Waals surface area contributed by atoms with Crippen molar-refractivity contribution >= 4 is 28.7 Å². The fourth-order valence-corrected chi connectivity index (χ4v) is 5.16. The van der Waals surface area contributed by atoms with Crippen LogP contribution in [-0.4, -0.2) is 77.5 Å². The van der Waals surface area contributed by atoms with Crippen molar-refractivity contribution in [1.29, 1.82) is 0 Å². The Morgan fingerprint density at radius 3 is 2.69 bits per heavy atom. The molecule has 9 heteroatoms. The summed E-state index contributed by atoms with van der Waals surface area (Å²) in [5.74, 6) is 1.77. The number of ether oxygens (including phenoxy) is 1. The van der Waals surface area contributed by atoms with Gasteiger partial charge in [-0.3, -0.25) is 9.59 Å². The maximum Gasteiger partial charge on any atom is 0.289 e. The van der Waals surface area contributed by atoms with Gasteiger partial charge >= 0.3 is 0 Å². The normalized spacial score (nSPS) is 18.8. The lowest BCUT2D eigenvalue weighted by Crippen LogP contribution is -2.46. The van der Waals surface area contributed by atoms with Crippen LogP contribution in [0.1, 0.15) is 42.4 Å². The second kappa shape index (κ2) is 10.6. The molecule has 1 aromatic carbocycles. The van der Waals surface area contributed by atoms with Crippen molar-refractivity contribution in [3.8, 4) is 5.75 Å². The van der Waals surface area contributed by atoms with Crippen LogP contribution in [-0.2, 0) is 4.79 Å². The molecule has 2 saturated heterocycles. The van der Waals surface area contributed by atoms with E-state index in [1.54, 1.807) is 17.0 Å². The summed E-state index contributed by atoms with van der Waals surface area (Å²) in [4.78, 5) is 41.6. The third kappa shape index (κ3) is 5.01. The van der Waals surface area contributed by atoms with Crippen molar-refractivity contribution in [2.24, 2.45) is 5.92 Å². The highest BCUT2D eigenvalue weighted by Crippen LogP contribution is 2.27. The molecule has 0 N–H and O–H groups in total.